The molecule has 4 nitrogen and oxygen atoms in total. The lowest BCUT2D eigenvalue weighted by Gasteiger charge is -2.22. The summed E-state index contributed by atoms with van der Waals surface area (Å²) >= 11 is 3.38. The normalized spacial score (nSPS) is 19.1. The molecule has 1 heterocycles. The Bertz CT molecular complexity index is 420. The monoisotopic (exact) mass is 326 g/mol. The first-order valence-electron chi connectivity index (χ1n) is 6.58. The quantitative estimate of drug-likeness (QED) is 0.873. The number of benzene rings is 1. The first-order chi connectivity index (χ1) is 9.24. The Morgan fingerprint density at radius 1 is 1.47 bits per heavy atom. The Morgan fingerprint density at radius 3 is 3.11 bits per heavy atom. The molecule has 2 N–H and O–H groups in total. The molecule has 1 aliphatic heterocycles. The minimum atomic E-state index is -0.0187. The highest BCUT2D eigenvalue weighted by Gasteiger charge is 2.13. The number of anilines is 1. The zero-order valence-electron chi connectivity index (χ0n) is 10.8. The van der Waals surface area contributed by atoms with Crippen LogP contribution in [0.5, 0.6) is 0 Å². The van der Waals surface area contributed by atoms with Crippen molar-refractivity contribution in [1.82, 2.24) is 5.32 Å². The zero-order valence-corrected chi connectivity index (χ0v) is 12.4. The van der Waals surface area contributed by atoms with Crippen molar-refractivity contribution in [3.63, 3.8) is 0 Å². The molecule has 1 saturated heterocycles. The van der Waals surface area contributed by atoms with Crippen LogP contribution < -0.4 is 10.6 Å². The molecule has 19 heavy (non-hydrogen) atoms. The van der Waals surface area contributed by atoms with Crippen molar-refractivity contribution in [2.75, 3.05) is 31.6 Å². The molecule has 2 rings (SSSR count). The van der Waals surface area contributed by atoms with Gasteiger partial charge in [0, 0.05) is 23.3 Å². The van der Waals surface area contributed by atoms with Crippen LogP contribution in [-0.2, 0) is 9.53 Å². The summed E-state index contributed by atoms with van der Waals surface area (Å²) in [6.07, 6.45) is 2.30. The van der Waals surface area contributed by atoms with Gasteiger partial charge in [-0.05, 0) is 37.0 Å². The molecule has 0 bridgehead atoms. The minimum Gasteiger partial charge on any atom is -0.381 e. The Hall–Kier alpha value is -0.910. The van der Waals surface area contributed by atoms with Crippen LogP contribution in [0.1, 0.15) is 12.8 Å². The van der Waals surface area contributed by atoms with Crippen molar-refractivity contribution in [3.8, 4) is 0 Å². The lowest BCUT2D eigenvalue weighted by Crippen LogP contribution is -2.34. The van der Waals surface area contributed by atoms with Crippen LogP contribution in [0, 0.1) is 5.92 Å². The number of rotatable bonds is 5. The smallest absolute Gasteiger partial charge is 0.238 e. The number of amides is 1. The number of carbonyl (C=O) groups is 1. The van der Waals surface area contributed by atoms with Gasteiger partial charge in [-0.3, -0.25) is 4.79 Å². The molecule has 5 heteroatoms. The molecule has 1 fully saturated rings. The molecule has 1 amide bonds. The van der Waals surface area contributed by atoms with Crippen LogP contribution in [0.25, 0.3) is 0 Å². The fourth-order valence-corrected chi connectivity index (χ4v) is 2.53. The topological polar surface area (TPSA) is 50.4 Å². The van der Waals surface area contributed by atoms with Gasteiger partial charge in [-0.2, -0.15) is 0 Å². The van der Waals surface area contributed by atoms with Gasteiger partial charge in [0.05, 0.1) is 13.2 Å². The SMILES string of the molecule is O=C(CNCC1CCCOC1)Nc1cccc(Br)c1. The van der Waals surface area contributed by atoms with E-state index in [0.717, 1.165) is 36.3 Å². The van der Waals surface area contributed by atoms with Crippen LogP contribution in [0.3, 0.4) is 0 Å². The average molecular weight is 327 g/mol. The second-order valence-corrected chi connectivity index (χ2v) is 5.69. The van der Waals surface area contributed by atoms with Gasteiger partial charge in [-0.1, -0.05) is 22.0 Å². The first-order valence-corrected chi connectivity index (χ1v) is 7.37. The molecule has 1 aromatic rings. The van der Waals surface area contributed by atoms with Gasteiger partial charge in [-0.25, -0.2) is 0 Å². The molecule has 0 aromatic heterocycles. The second kappa shape index (κ2) is 7.62. The van der Waals surface area contributed by atoms with E-state index in [1.54, 1.807) is 0 Å². The van der Waals surface area contributed by atoms with E-state index >= 15 is 0 Å². The molecule has 0 saturated carbocycles. The first kappa shape index (κ1) is 14.5. The van der Waals surface area contributed by atoms with Crippen molar-refractivity contribution < 1.29 is 9.53 Å². The summed E-state index contributed by atoms with van der Waals surface area (Å²) in [5.41, 5.74) is 0.808. The van der Waals surface area contributed by atoms with Crippen LogP contribution in [0.15, 0.2) is 28.7 Å². The standard InChI is InChI=1S/C14H19BrN2O2/c15-12-4-1-5-13(7-12)17-14(18)9-16-8-11-3-2-6-19-10-11/h1,4-5,7,11,16H,2-3,6,8-10H2,(H,17,18). The van der Waals surface area contributed by atoms with E-state index in [9.17, 15) is 4.79 Å². The Labute approximate surface area is 122 Å². The van der Waals surface area contributed by atoms with Crippen LogP contribution in [-0.4, -0.2) is 32.2 Å². The van der Waals surface area contributed by atoms with Gasteiger partial charge in [0.25, 0.3) is 0 Å². The number of ether oxygens (including phenoxy) is 1. The second-order valence-electron chi connectivity index (χ2n) is 4.77. The van der Waals surface area contributed by atoms with Gasteiger partial charge in [-0.15, -0.1) is 0 Å². The van der Waals surface area contributed by atoms with E-state index in [2.05, 4.69) is 26.6 Å². The molecule has 1 atom stereocenters. The molecule has 1 aromatic carbocycles. The molecule has 0 radical (unpaired) electrons. The van der Waals surface area contributed by atoms with Gasteiger partial charge in [0.1, 0.15) is 0 Å². The fraction of sp³-hybridized carbons (Fsp3) is 0.500. The predicted octanol–water partition coefficient (Wildman–Crippen LogP) is 2.40. The number of nitrogens with one attached hydrogen (secondary N) is 2. The van der Waals surface area contributed by atoms with Crippen molar-refractivity contribution in [2.45, 2.75) is 12.8 Å². The van der Waals surface area contributed by atoms with Gasteiger partial charge in [0.2, 0.25) is 5.91 Å². The number of carbonyl (C=O) groups excluding carboxylic acids is 1. The molecule has 104 valence electrons. The predicted molar refractivity (Wildman–Crippen MR) is 79.2 cm³/mol. The average Bonchev–Trinajstić information content (AvgIpc) is 2.40. The van der Waals surface area contributed by atoms with Crippen molar-refractivity contribution in [1.29, 1.82) is 0 Å². The van der Waals surface area contributed by atoms with Crippen LogP contribution in [0.4, 0.5) is 5.69 Å². The highest BCUT2D eigenvalue weighted by molar-refractivity contribution is 9.10. The summed E-state index contributed by atoms with van der Waals surface area (Å²) in [4.78, 5) is 11.7. The highest BCUT2D eigenvalue weighted by Crippen LogP contribution is 2.15. The number of hydrogen-bond acceptors (Lipinski definition) is 3. The molecule has 0 spiro atoms. The van der Waals surface area contributed by atoms with E-state index in [1.807, 2.05) is 24.3 Å². The summed E-state index contributed by atoms with van der Waals surface area (Å²) in [6.45, 7) is 2.86. The molecular weight excluding hydrogens is 308 g/mol. The van der Waals surface area contributed by atoms with E-state index in [1.165, 1.54) is 6.42 Å². The lowest BCUT2D eigenvalue weighted by atomic mass is 10.0. The van der Waals surface area contributed by atoms with Crippen LogP contribution >= 0.6 is 15.9 Å². The van der Waals surface area contributed by atoms with E-state index in [-0.39, 0.29) is 5.91 Å². The maximum Gasteiger partial charge on any atom is 0.238 e. The maximum atomic E-state index is 11.7. The highest BCUT2D eigenvalue weighted by atomic mass is 79.9. The van der Waals surface area contributed by atoms with Crippen molar-refractivity contribution in [3.05, 3.63) is 28.7 Å². The summed E-state index contributed by atoms with van der Waals surface area (Å²) < 4.78 is 6.36. The zero-order chi connectivity index (χ0) is 13.5. The van der Waals surface area contributed by atoms with Crippen molar-refractivity contribution >= 4 is 27.5 Å². The largest absolute Gasteiger partial charge is 0.381 e. The van der Waals surface area contributed by atoms with Gasteiger partial charge >= 0.3 is 0 Å². The van der Waals surface area contributed by atoms with Crippen LogP contribution in [0.2, 0.25) is 0 Å². The number of hydrogen-bond donors (Lipinski definition) is 2. The molecule has 0 aliphatic carbocycles. The Balaban J connectivity index is 1.67. The van der Waals surface area contributed by atoms with E-state index in [0.29, 0.717) is 12.5 Å². The third kappa shape index (κ3) is 5.30. The summed E-state index contributed by atoms with van der Waals surface area (Å²) in [6, 6.07) is 7.58. The maximum absolute atomic E-state index is 11.7. The van der Waals surface area contributed by atoms with Gasteiger partial charge in [0.15, 0.2) is 0 Å². The summed E-state index contributed by atoms with van der Waals surface area (Å²) in [5.74, 6) is 0.516. The Kier molecular flexibility index (Phi) is 5.82. The molecule has 1 aliphatic rings. The Morgan fingerprint density at radius 2 is 2.37 bits per heavy atom. The van der Waals surface area contributed by atoms with E-state index in [4.69, 9.17) is 4.74 Å². The summed E-state index contributed by atoms with van der Waals surface area (Å²) in [5, 5.41) is 6.04. The molecule has 1 unspecified atom stereocenters. The molecular formula is C14H19BrN2O2. The van der Waals surface area contributed by atoms with Crippen molar-refractivity contribution in [2.24, 2.45) is 5.92 Å². The number of halogens is 1. The summed E-state index contributed by atoms with van der Waals surface area (Å²) in [7, 11) is 0. The van der Waals surface area contributed by atoms with Gasteiger partial charge < -0.3 is 15.4 Å². The minimum absolute atomic E-state index is 0.0187. The lowest BCUT2D eigenvalue weighted by molar-refractivity contribution is -0.115. The fourth-order valence-electron chi connectivity index (χ4n) is 2.13. The van der Waals surface area contributed by atoms with E-state index < -0.39 is 0 Å². The third-order valence-electron chi connectivity index (χ3n) is 3.08. The third-order valence-corrected chi connectivity index (χ3v) is 3.57.